The average Bonchev–Trinajstić information content (AvgIpc) is 2.99. The lowest BCUT2D eigenvalue weighted by atomic mass is 9.93. The Labute approximate surface area is 132 Å². The zero-order chi connectivity index (χ0) is 15.7. The Bertz CT molecular complexity index is 382. The van der Waals surface area contributed by atoms with Gasteiger partial charge < -0.3 is 5.32 Å². The van der Waals surface area contributed by atoms with Crippen LogP contribution in [-0.2, 0) is 4.79 Å². The highest BCUT2D eigenvalue weighted by Crippen LogP contribution is 2.53. The molecule has 1 saturated carbocycles. The van der Waals surface area contributed by atoms with Crippen molar-refractivity contribution in [3.63, 3.8) is 0 Å². The fourth-order valence-electron chi connectivity index (χ4n) is 2.71. The highest BCUT2D eigenvalue weighted by atomic mass is 35.5. The van der Waals surface area contributed by atoms with E-state index in [1.165, 1.54) is 4.90 Å². The van der Waals surface area contributed by atoms with Crippen LogP contribution in [0.2, 0.25) is 0 Å². The van der Waals surface area contributed by atoms with Crippen LogP contribution in [0.4, 0.5) is 13.2 Å². The van der Waals surface area contributed by atoms with Gasteiger partial charge in [0.2, 0.25) is 5.91 Å². The maximum absolute atomic E-state index is 12.3. The largest absolute Gasteiger partial charge is 0.401 e. The summed E-state index contributed by atoms with van der Waals surface area (Å²) in [5, 5.41) is 2.80. The minimum atomic E-state index is -4.12. The summed E-state index contributed by atoms with van der Waals surface area (Å²) in [6.07, 6.45) is -1.37. The average molecular weight is 347 g/mol. The van der Waals surface area contributed by atoms with Gasteiger partial charge in [0.05, 0.1) is 12.5 Å². The molecule has 1 N–H and O–H groups in total. The molecule has 1 aliphatic heterocycles. The first-order chi connectivity index (χ1) is 9.67. The standard InChI is InChI=1S/C13H19Cl2F3N2O/c14-12(15)7-10(12)11(21)19-4-1-9-2-5-20(6-3-9)8-13(16,17)18/h9-10H,1-8H2,(H,19,21). The predicted octanol–water partition coefficient (Wildman–Crippen LogP) is 2.96. The van der Waals surface area contributed by atoms with Crippen molar-refractivity contribution in [2.45, 2.75) is 36.2 Å². The first kappa shape index (κ1) is 17.2. The molecule has 3 nitrogen and oxygen atoms in total. The lowest BCUT2D eigenvalue weighted by Gasteiger charge is -2.32. The van der Waals surface area contributed by atoms with Crippen molar-refractivity contribution < 1.29 is 18.0 Å². The maximum Gasteiger partial charge on any atom is 0.401 e. The van der Waals surface area contributed by atoms with Crippen molar-refractivity contribution in [1.29, 1.82) is 0 Å². The van der Waals surface area contributed by atoms with Gasteiger partial charge in [0.25, 0.3) is 0 Å². The van der Waals surface area contributed by atoms with E-state index in [0.29, 0.717) is 32.0 Å². The number of nitrogens with one attached hydrogen (secondary N) is 1. The Morgan fingerprint density at radius 3 is 2.33 bits per heavy atom. The highest BCUT2D eigenvalue weighted by Gasteiger charge is 2.56. The molecule has 122 valence electrons. The quantitative estimate of drug-likeness (QED) is 0.776. The number of nitrogens with zero attached hydrogens (tertiary/aromatic N) is 1. The molecule has 0 radical (unpaired) electrons. The van der Waals surface area contributed by atoms with E-state index in [2.05, 4.69) is 5.32 Å². The third-order valence-electron chi connectivity index (χ3n) is 4.10. The number of piperidine rings is 1. The smallest absolute Gasteiger partial charge is 0.356 e. The van der Waals surface area contributed by atoms with Gasteiger partial charge in [0.15, 0.2) is 0 Å². The molecule has 1 amide bonds. The van der Waals surface area contributed by atoms with Crippen LogP contribution in [0.15, 0.2) is 0 Å². The van der Waals surface area contributed by atoms with Crippen molar-refractivity contribution in [2.75, 3.05) is 26.2 Å². The molecule has 8 heteroatoms. The van der Waals surface area contributed by atoms with Gasteiger partial charge in [-0.1, -0.05) is 0 Å². The van der Waals surface area contributed by atoms with Crippen molar-refractivity contribution in [3.8, 4) is 0 Å². The van der Waals surface area contributed by atoms with Crippen LogP contribution in [0, 0.1) is 11.8 Å². The van der Waals surface area contributed by atoms with Gasteiger partial charge in [-0.3, -0.25) is 9.69 Å². The van der Waals surface area contributed by atoms with Crippen molar-refractivity contribution >= 4 is 29.1 Å². The molecule has 21 heavy (non-hydrogen) atoms. The molecule has 0 spiro atoms. The van der Waals surface area contributed by atoms with Gasteiger partial charge in [-0.15, -0.1) is 23.2 Å². The van der Waals surface area contributed by atoms with E-state index in [1.807, 2.05) is 0 Å². The van der Waals surface area contributed by atoms with E-state index < -0.39 is 17.1 Å². The number of amides is 1. The fraction of sp³-hybridized carbons (Fsp3) is 0.923. The van der Waals surface area contributed by atoms with Crippen molar-refractivity contribution in [2.24, 2.45) is 11.8 Å². The molecule has 0 aromatic heterocycles. The molecule has 1 aliphatic carbocycles. The Morgan fingerprint density at radius 2 is 1.86 bits per heavy atom. The van der Waals surface area contributed by atoms with Crippen LogP contribution in [0.25, 0.3) is 0 Å². The molecule has 2 fully saturated rings. The second kappa shape index (κ2) is 6.50. The molecule has 1 heterocycles. The summed E-state index contributed by atoms with van der Waals surface area (Å²) in [6, 6.07) is 0. The molecule has 0 aromatic carbocycles. The monoisotopic (exact) mass is 346 g/mol. The number of hydrogen-bond acceptors (Lipinski definition) is 2. The lowest BCUT2D eigenvalue weighted by Crippen LogP contribution is -2.40. The second-order valence-electron chi connectivity index (χ2n) is 5.93. The molecule has 2 rings (SSSR count). The predicted molar refractivity (Wildman–Crippen MR) is 75.4 cm³/mol. The highest BCUT2D eigenvalue weighted by molar-refractivity contribution is 6.52. The topological polar surface area (TPSA) is 32.3 Å². The molecule has 0 aromatic rings. The summed E-state index contributed by atoms with van der Waals surface area (Å²) in [7, 11) is 0. The molecule has 1 atom stereocenters. The Kier molecular flexibility index (Phi) is 5.31. The summed E-state index contributed by atoms with van der Waals surface area (Å²) in [6.45, 7) is 0.634. The van der Waals surface area contributed by atoms with E-state index in [0.717, 1.165) is 19.3 Å². The van der Waals surface area contributed by atoms with Crippen LogP contribution in [0.5, 0.6) is 0 Å². The third-order valence-corrected chi connectivity index (χ3v) is 4.94. The summed E-state index contributed by atoms with van der Waals surface area (Å²) in [5.74, 6) is -0.0882. The van der Waals surface area contributed by atoms with Crippen LogP contribution in [-0.4, -0.2) is 47.5 Å². The van der Waals surface area contributed by atoms with E-state index in [9.17, 15) is 18.0 Å². The zero-order valence-corrected chi connectivity index (χ0v) is 13.1. The molecule has 0 bridgehead atoms. The Balaban J connectivity index is 1.58. The first-order valence-electron chi connectivity index (χ1n) is 7.12. The SMILES string of the molecule is O=C(NCCC1CCN(CC(F)(F)F)CC1)C1CC1(Cl)Cl. The summed E-state index contributed by atoms with van der Waals surface area (Å²) >= 11 is 11.6. The Hall–Kier alpha value is -0.200. The fourth-order valence-corrected chi connectivity index (χ4v) is 3.21. The number of carbonyl (C=O) groups excluding carboxylic acids is 1. The van der Waals surface area contributed by atoms with Crippen LogP contribution in [0.3, 0.4) is 0 Å². The second-order valence-corrected chi connectivity index (χ2v) is 7.47. The van der Waals surface area contributed by atoms with E-state index >= 15 is 0 Å². The van der Waals surface area contributed by atoms with Gasteiger partial charge in [-0.2, -0.15) is 13.2 Å². The van der Waals surface area contributed by atoms with Gasteiger partial charge in [0, 0.05) is 6.54 Å². The number of hydrogen-bond donors (Lipinski definition) is 1. The van der Waals surface area contributed by atoms with Gasteiger partial charge in [-0.05, 0) is 44.7 Å². The third kappa shape index (κ3) is 5.49. The van der Waals surface area contributed by atoms with E-state index in [1.54, 1.807) is 0 Å². The van der Waals surface area contributed by atoms with E-state index in [-0.39, 0.29) is 11.8 Å². The molecule has 1 saturated heterocycles. The number of likely N-dealkylation sites (tertiary alicyclic amines) is 1. The van der Waals surface area contributed by atoms with Gasteiger partial charge in [-0.25, -0.2) is 0 Å². The van der Waals surface area contributed by atoms with E-state index in [4.69, 9.17) is 23.2 Å². The van der Waals surface area contributed by atoms with Crippen LogP contribution >= 0.6 is 23.2 Å². The molecular formula is C13H19Cl2F3N2O. The number of halogens is 5. The summed E-state index contributed by atoms with van der Waals surface area (Å²) < 4.78 is 35.9. The zero-order valence-electron chi connectivity index (χ0n) is 11.6. The first-order valence-corrected chi connectivity index (χ1v) is 7.87. The van der Waals surface area contributed by atoms with Crippen LogP contribution < -0.4 is 5.32 Å². The molecular weight excluding hydrogens is 328 g/mol. The van der Waals surface area contributed by atoms with Crippen molar-refractivity contribution in [3.05, 3.63) is 0 Å². The van der Waals surface area contributed by atoms with Gasteiger partial charge in [0.1, 0.15) is 4.33 Å². The molecule has 1 unspecified atom stereocenters. The lowest BCUT2D eigenvalue weighted by molar-refractivity contribution is -0.148. The number of carbonyl (C=O) groups is 1. The minimum absolute atomic E-state index is 0.130. The number of alkyl halides is 5. The van der Waals surface area contributed by atoms with Crippen LogP contribution in [0.1, 0.15) is 25.7 Å². The Morgan fingerprint density at radius 1 is 1.29 bits per heavy atom. The number of rotatable bonds is 5. The molecule has 2 aliphatic rings. The minimum Gasteiger partial charge on any atom is -0.356 e. The normalized spacial score (nSPS) is 26.6. The maximum atomic E-state index is 12.3. The summed E-state index contributed by atoms with van der Waals surface area (Å²) in [4.78, 5) is 13.1. The van der Waals surface area contributed by atoms with Crippen molar-refractivity contribution in [1.82, 2.24) is 10.2 Å². The summed E-state index contributed by atoms with van der Waals surface area (Å²) in [5.41, 5.74) is 0. The van der Waals surface area contributed by atoms with Gasteiger partial charge >= 0.3 is 6.18 Å².